The van der Waals surface area contributed by atoms with Gasteiger partial charge in [-0.2, -0.15) is 0 Å². The average Bonchev–Trinajstić information content (AvgIpc) is 2.99. The molecule has 0 bridgehead atoms. The Morgan fingerprint density at radius 3 is 1.97 bits per heavy atom. The van der Waals surface area contributed by atoms with E-state index in [1.54, 1.807) is 41.6 Å². The Kier molecular flexibility index (Phi) is 9.54. The number of nitrogens with zero attached hydrogens (tertiary/aromatic N) is 2. The first-order chi connectivity index (χ1) is 19.0. The topological polar surface area (TPSA) is 69.7 Å². The molecule has 1 aliphatic heterocycles. The van der Waals surface area contributed by atoms with Crippen molar-refractivity contribution in [3.8, 4) is 28.7 Å². The molecule has 0 amide bonds. The highest BCUT2D eigenvalue weighted by molar-refractivity contribution is 5.99. The van der Waals surface area contributed by atoms with Crippen molar-refractivity contribution in [2.24, 2.45) is 0 Å². The van der Waals surface area contributed by atoms with E-state index in [-0.39, 0.29) is 12.2 Å². The Bertz CT molecular complexity index is 1270. The first kappa shape index (κ1) is 28.1. The standard InChI is InChI=1S/C31H38N2O6/c1-35-27-9-7-6-8-25(27)33-16-14-32(15-17-33)13-12-23-20-30(38-4)31(39-5)21-24(23)26(34)18-22-10-11-28(36-2)29(19-22)37-3/h6-11,19-21H,12-18H2,1-5H3. The number of carbonyl (C=O) groups excluding carboxylic acids is 1. The molecule has 3 aromatic rings. The summed E-state index contributed by atoms with van der Waals surface area (Å²) < 4.78 is 27.4. The summed E-state index contributed by atoms with van der Waals surface area (Å²) in [6, 6.07) is 17.4. The van der Waals surface area contributed by atoms with Gasteiger partial charge < -0.3 is 28.6 Å². The molecule has 1 heterocycles. The number of methoxy groups -OCH3 is 5. The predicted molar refractivity (Wildman–Crippen MR) is 152 cm³/mol. The molecule has 208 valence electrons. The highest BCUT2D eigenvalue weighted by Crippen LogP contribution is 2.33. The molecule has 0 saturated carbocycles. The minimum absolute atomic E-state index is 0.0131. The molecule has 8 nitrogen and oxygen atoms in total. The van der Waals surface area contributed by atoms with E-state index in [0.29, 0.717) is 28.6 Å². The normalized spacial score (nSPS) is 13.6. The van der Waals surface area contributed by atoms with Crippen LogP contribution in [-0.4, -0.2) is 79.0 Å². The Balaban J connectivity index is 1.47. The van der Waals surface area contributed by atoms with E-state index in [0.717, 1.165) is 61.7 Å². The van der Waals surface area contributed by atoms with Crippen LogP contribution in [0.15, 0.2) is 54.6 Å². The zero-order valence-electron chi connectivity index (χ0n) is 23.5. The molecule has 0 spiro atoms. The maximum atomic E-state index is 13.6. The largest absolute Gasteiger partial charge is 0.495 e. The molecule has 0 atom stereocenters. The van der Waals surface area contributed by atoms with Crippen molar-refractivity contribution in [2.75, 3.05) is 73.2 Å². The van der Waals surface area contributed by atoms with Gasteiger partial charge in [-0.1, -0.05) is 18.2 Å². The number of ketones is 1. The Labute approximate surface area is 231 Å². The number of benzene rings is 3. The lowest BCUT2D eigenvalue weighted by atomic mass is 9.95. The fraction of sp³-hybridized carbons (Fsp3) is 0.387. The van der Waals surface area contributed by atoms with Gasteiger partial charge in [-0.3, -0.25) is 9.69 Å². The summed E-state index contributed by atoms with van der Waals surface area (Å²) in [5.74, 6) is 3.31. The van der Waals surface area contributed by atoms with Gasteiger partial charge in [-0.25, -0.2) is 0 Å². The van der Waals surface area contributed by atoms with Crippen LogP contribution in [0.3, 0.4) is 0 Å². The highest BCUT2D eigenvalue weighted by atomic mass is 16.5. The molecule has 1 aliphatic rings. The second-order valence-corrected chi connectivity index (χ2v) is 9.40. The fourth-order valence-electron chi connectivity index (χ4n) is 5.04. The van der Waals surface area contributed by atoms with Crippen LogP contribution < -0.4 is 28.6 Å². The molecule has 1 saturated heterocycles. The van der Waals surface area contributed by atoms with Gasteiger partial charge in [-0.15, -0.1) is 0 Å². The number of carbonyl (C=O) groups is 1. The Morgan fingerprint density at radius 2 is 1.31 bits per heavy atom. The summed E-state index contributed by atoms with van der Waals surface area (Å²) >= 11 is 0. The molecule has 0 aliphatic carbocycles. The summed E-state index contributed by atoms with van der Waals surface area (Å²) in [7, 11) is 8.09. The third kappa shape index (κ3) is 6.57. The van der Waals surface area contributed by atoms with E-state index in [9.17, 15) is 4.79 Å². The monoisotopic (exact) mass is 534 g/mol. The maximum Gasteiger partial charge on any atom is 0.167 e. The van der Waals surface area contributed by atoms with E-state index in [4.69, 9.17) is 23.7 Å². The average molecular weight is 535 g/mol. The number of anilines is 1. The lowest BCUT2D eigenvalue weighted by Gasteiger charge is -2.36. The highest BCUT2D eigenvalue weighted by Gasteiger charge is 2.22. The molecule has 3 aromatic carbocycles. The van der Waals surface area contributed by atoms with Gasteiger partial charge in [0.1, 0.15) is 5.75 Å². The Morgan fingerprint density at radius 1 is 0.692 bits per heavy atom. The first-order valence-electron chi connectivity index (χ1n) is 13.1. The van der Waals surface area contributed by atoms with E-state index < -0.39 is 0 Å². The fourth-order valence-corrected chi connectivity index (χ4v) is 5.04. The molecule has 0 N–H and O–H groups in total. The number of piperazine rings is 1. The molecule has 0 radical (unpaired) electrons. The van der Waals surface area contributed by atoms with Crippen molar-refractivity contribution in [1.29, 1.82) is 0 Å². The zero-order valence-corrected chi connectivity index (χ0v) is 23.5. The van der Waals surface area contributed by atoms with E-state index in [1.165, 1.54) is 0 Å². The van der Waals surface area contributed by atoms with Crippen LogP contribution in [0.25, 0.3) is 0 Å². The Hall–Kier alpha value is -3.91. The van der Waals surface area contributed by atoms with Gasteiger partial charge in [0.25, 0.3) is 0 Å². The number of hydrogen-bond donors (Lipinski definition) is 0. The van der Waals surface area contributed by atoms with Crippen molar-refractivity contribution in [1.82, 2.24) is 4.90 Å². The van der Waals surface area contributed by atoms with Crippen molar-refractivity contribution >= 4 is 11.5 Å². The first-order valence-corrected chi connectivity index (χ1v) is 13.1. The van der Waals surface area contributed by atoms with Crippen molar-refractivity contribution in [2.45, 2.75) is 12.8 Å². The smallest absolute Gasteiger partial charge is 0.167 e. The van der Waals surface area contributed by atoms with E-state index in [1.807, 2.05) is 42.5 Å². The summed E-state index contributed by atoms with van der Waals surface area (Å²) in [6.07, 6.45) is 0.961. The van der Waals surface area contributed by atoms with Crippen LogP contribution in [0.2, 0.25) is 0 Å². The number of Topliss-reactive ketones (excluding diaryl/α,β-unsaturated/α-hetero) is 1. The quantitative estimate of drug-likeness (QED) is 0.314. The molecular weight excluding hydrogens is 496 g/mol. The second-order valence-electron chi connectivity index (χ2n) is 9.40. The second kappa shape index (κ2) is 13.2. The molecule has 1 fully saturated rings. The van der Waals surface area contributed by atoms with Crippen molar-refractivity contribution < 1.29 is 28.5 Å². The molecule has 0 aromatic heterocycles. The van der Waals surface area contributed by atoms with Crippen LogP contribution in [0.1, 0.15) is 21.5 Å². The lowest BCUT2D eigenvalue weighted by molar-refractivity contribution is 0.0991. The van der Waals surface area contributed by atoms with Crippen LogP contribution in [0.5, 0.6) is 28.7 Å². The minimum Gasteiger partial charge on any atom is -0.495 e. The SMILES string of the molecule is COc1ccc(CC(=O)c2cc(OC)c(OC)cc2CCN2CCN(c3ccccc3OC)CC2)cc1OC. The summed E-state index contributed by atoms with van der Waals surface area (Å²) in [5.41, 5.74) is 3.58. The summed E-state index contributed by atoms with van der Waals surface area (Å²) in [6.45, 7) is 4.53. The van der Waals surface area contributed by atoms with Crippen LogP contribution >= 0.6 is 0 Å². The number of hydrogen-bond acceptors (Lipinski definition) is 8. The van der Waals surface area contributed by atoms with Gasteiger partial charge in [0.05, 0.1) is 41.2 Å². The third-order valence-electron chi connectivity index (χ3n) is 7.22. The third-order valence-corrected chi connectivity index (χ3v) is 7.22. The van der Waals surface area contributed by atoms with Crippen LogP contribution in [-0.2, 0) is 12.8 Å². The number of para-hydroxylation sites is 2. The minimum atomic E-state index is 0.0131. The zero-order chi connectivity index (χ0) is 27.8. The van der Waals surface area contributed by atoms with E-state index >= 15 is 0 Å². The van der Waals surface area contributed by atoms with Gasteiger partial charge in [-0.05, 0) is 53.9 Å². The van der Waals surface area contributed by atoms with E-state index in [2.05, 4.69) is 15.9 Å². The van der Waals surface area contributed by atoms with Gasteiger partial charge in [0.15, 0.2) is 28.8 Å². The molecule has 0 unspecified atom stereocenters. The van der Waals surface area contributed by atoms with Crippen molar-refractivity contribution in [3.63, 3.8) is 0 Å². The predicted octanol–water partition coefficient (Wildman–Crippen LogP) is 4.52. The summed E-state index contributed by atoms with van der Waals surface area (Å²) in [4.78, 5) is 18.4. The van der Waals surface area contributed by atoms with Crippen molar-refractivity contribution in [3.05, 3.63) is 71.3 Å². The number of ether oxygens (including phenoxy) is 5. The van der Waals surface area contributed by atoms with Gasteiger partial charge in [0.2, 0.25) is 0 Å². The molecule has 39 heavy (non-hydrogen) atoms. The molecule has 8 heteroatoms. The number of rotatable bonds is 12. The van der Waals surface area contributed by atoms with Gasteiger partial charge in [0, 0.05) is 44.7 Å². The maximum absolute atomic E-state index is 13.6. The summed E-state index contributed by atoms with van der Waals surface area (Å²) in [5, 5.41) is 0. The van der Waals surface area contributed by atoms with Crippen LogP contribution in [0.4, 0.5) is 5.69 Å². The van der Waals surface area contributed by atoms with Gasteiger partial charge >= 0.3 is 0 Å². The van der Waals surface area contributed by atoms with Crippen LogP contribution in [0, 0.1) is 0 Å². The molecular formula is C31H38N2O6. The lowest BCUT2D eigenvalue weighted by Crippen LogP contribution is -2.47. The molecule has 4 rings (SSSR count).